The molecule has 0 aromatic rings. The Hall–Kier alpha value is -0.420. The molecule has 0 saturated carbocycles. The van der Waals surface area contributed by atoms with E-state index >= 15 is 0 Å². The molecule has 0 N–H and O–H groups in total. The minimum atomic E-state index is -5.24. The van der Waals surface area contributed by atoms with Crippen LogP contribution in [0.3, 0.4) is 0 Å². The fourth-order valence-corrected chi connectivity index (χ4v) is 3.64. The summed E-state index contributed by atoms with van der Waals surface area (Å²) >= 11 is 0. The van der Waals surface area contributed by atoms with E-state index in [1.807, 2.05) is 0 Å². The first kappa shape index (κ1) is 26.6. The van der Waals surface area contributed by atoms with Gasteiger partial charge in [0, 0.05) is 0 Å². The minimum Gasteiger partial charge on any atom is -0.170 e. The smallest absolute Gasteiger partial charge is 0.170 e. The molecular formula is C21H38F6. The highest BCUT2D eigenvalue weighted by molar-refractivity contribution is 4.92. The molecule has 0 unspecified atom stereocenters. The largest absolute Gasteiger partial charge is 0.403 e. The van der Waals surface area contributed by atoms with Crippen LogP contribution in [-0.2, 0) is 0 Å². The maximum Gasteiger partial charge on any atom is 0.403 e. The molecule has 0 bridgehead atoms. The van der Waals surface area contributed by atoms with Crippen molar-refractivity contribution in [3.8, 4) is 0 Å². The zero-order chi connectivity index (χ0) is 20.8. The van der Waals surface area contributed by atoms with Gasteiger partial charge in [0.25, 0.3) is 0 Å². The third kappa shape index (κ3) is 10.1. The molecule has 0 spiro atoms. The van der Waals surface area contributed by atoms with Crippen molar-refractivity contribution in [2.75, 3.05) is 0 Å². The Morgan fingerprint density at radius 1 is 0.444 bits per heavy atom. The van der Waals surface area contributed by atoms with Crippen LogP contribution in [0, 0.1) is 5.41 Å². The van der Waals surface area contributed by atoms with Crippen LogP contribution in [0.2, 0.25) is 0 Å². The summed E-state index contributed by atoms with van der Waals surface area (Å²) in [6.07, 6.45) is 2.02. The Bertz CT molecular complexity index is 332. The van der Waals surface area contributed by atoms with Crippen LogP contribution in [0.4, 0.5) is 26.3 Å². The number of unbranched alkanes of at least 4 members (excludes halogenated alkanes) is 13. The van der Waals surface area contributed by atoms with E-state index in [1.165, 1.54) is 51.4 Å². The lowest BCUT2D eigenvalue weighted by atomic mass is 9.78. The summed E-state index contributed by atoms with van der Waals surface area (Å²) in [4.78, 5) is 0. The summed E-state index contributed by atoms with van der Waals surface area (Å²) in [6, 6.07) is 0. The van der Waals surface area contributed by atoms with Crippen LogP contribution in [0.1, 0.15) is 117 Å². The number of halogens is 6. The number of hydrogen-bond acceptors (Lipinski definition) is 0. The van der Waals surface area contributed by atoms with Gasteiger partial charge in [-0.15, -0.1) is 0 Å². The van der Waals surface area contributed by atoms with Gasteiger partial charge in [-0.05, 0) is 12.8 Å². The summed E-state index contributed by atoms with van der Waals surface area (Å²) in [7, 11) is 0. The highest BCUT2D eigenvalue weighted by Crippen LogP contribution is 2.55. The Labute approximate surface area is 161 Å². The molecule has 0 fully saturated rings. The lowest BCUT2D eigenvalue weighted by Crippen LogP contribution is -2.49. The van der Waals surface area contributed by atoms with Crippen LogP contribution < -0.4 is 0 Å². The molecule has 0 aromatic heterocycles. The van der Waals surface area contributed by atoms with E-state index in [0.717, 1.165) is 26.2 Å². The zero-order valence-electron chi connectivity index (χ0n) is 17.1. The second kappa shape index (κ2) is 13.7. The van der Waals surface area contributed by atoms with Crippen LogP contribution in [0.5, 0.6) is 0 Å². The van der Waals surface area contributed by atoms with Crippen LogP contribution in [0.25, 0.3) is 0 Å². The van der Waals surface area contributed by atoms with E-state index in [9.17, 15) is 26.3 Å². The van der Waals surface area contributed by atoms with Gasteiger partial charge in [-0.25, -0.2) is 0 Å². The van der Waals surface area contributed by atoms with Crippen LogP contribution in [-0.4, -0.2) is 12.4 Å². The molecule has 0 atom stereocenters. The predicted molar refractivity (Wildman–Crippen MR) is 99.8 cm³/mol. The summed E-state index contributed by atoms with van der Waals surface area (Å²) < 4.78 is 78.1. The third-order valence-electron chi connectivity index (χ3n) is 5.65. The van der Waals surface area contributed by atoms with Gasteiger partial charge < -0.3 is 0 Å². The summed E-state index contributed by atoms with van der Waals surface area (Å²) in [5.74, 6) is 0. The monoisotopic (exact) mass is 404 g/mol. The quantitative estimate of drug-likeness (QED) is 0.177. The molecule has 0 aliphatic rings. The maximum absolute atomic E-state index is 13.0. The SMILES string of the molecule is CCCCCCCCCCCCCCCCC(CC)(C(F)(F)F)C(F)(F)F. The van der Waals surface area contributed by atoms with Crippen molar-refractivity contribution >= 4 is 0 Å². The molecule has 0 aromatic carbocycles. The molecule has 0 aliphatic heterocycles. The van der Waals surface area contributed by atoms with Gasteiger partial charge in [0.05, 0.1) is 0 Å². The zero-order valence-corrected chi connectivity index (χ0v) is 17.1. The van der Waals surface area contributed by atoms with E-state index in [2.05, 4.69) is 6.92 Å². The van der Waals surface area contributed by atoms with Gasteiger partial charge in [0.15, 0.2) is 5.41 Å². The lowest BCUT2D eigenvalue weighted by molar-refractivity contribution is -0.344. The van der Waals surface area contributed by atoms with Crippen molar-refractivity contribution in [1.29, 1.82) is 0 Å². The number of alkyl halides is 6. The first-order valence-electron chi connectivity index (χ1n) is 10.8. The summed E-state index contributed by atoms with van der Waals surface area (Å²) in [5.41, 5.74) is -3.54. The van der Waals surface area contributed by atoms with Crippen molar-refractivity contribution < 1.29 is 26.3 Å². The van der Waals surface area contributed by atoms with Crippen molar-refractivity contribution in [3.05, 3.63) is 0 Å². The molecule has 0 amide bonds. The molecule has 0 rings (SSSR count). The van der Waals surface area contributed by atoms with Gasteiger partial charge >= 0.3 is 12.4 Å². The Balaban J connectivity index is 3.78. The normalized spacial score (nSPS) is 13.3. The third-order valence-corrected chi connectivity index (χ3v) is 5.65. The highest BCUT2D eigenvalue weighted by Gasteiger charge is 2.68. The standard InChI is InChI=1S/C21H38F6/c1-3-5-6-7-8-9-10-11-12-13-14-15-16-17-18-19(4-2,20(22,23)24)21(25,26)27/h3-18H2,1-2H3. The van der Waals surface area contributed by atoms with E-state index in [4.69, 9.17) is 0 Å². The van der Waals surface area contributed by atoms with E-state index in [1.54, 1.807) is 0 Å². The molecule has 164 valence electrons. The summed E-state index contributed by atoms with van der Waals surface area (Å²) in [6.45, 7) is 3.18. The van der Waals surface area contributed by atoms with Gasteiger partial charge in [-0.1, -0.05) is 104 Å². The number of hydrogen-bond donors (Lipinski definition) is 0. The summed E-state index contributed by atoms with van der Waals surface area (Å²) in [5, 5.41) is 0. The van der Waals surface area contributed by atoms with Crippen molar-refractivity contribution in [2.24, 2.45) is 5.41 Å². The lowest BCUT2D eigenvalue weighted by Gasteiger charge is -2.36. The van der Waals surface area contributed by atoms with Crippen molar-refractivity contribution in [3.63, 3.8) is 0 Å². The molecule has 0 heterocycles. The first-order chi connectivity index (χ1) is 12.6. The Morgan fingerprint density at radius 3 is 1.00 bits per heavy atom. The van der Waals surface area contributed by atoms with E-state index < -0.39 is 30.6 Å². The van der Waals surface area contributed by atoms with Gasteiger partial charge in [-0.2, -0.15) is 26.3 Å². The fraction of sp³-hybridized carbons (Fsp3) is 1.00. The topological polar surface area (TPSA) is 0 Å². The van der Waals surface area contributed by atoms with Gasteiger partial charge in [0.1, 0.15) is 0 Å². The molecule has 0 saturated heterocycles. The van der Waals surface area contributed by atoms with Gasteiger partial charge in [0.2, 0.25) is 0 Å². The van der Waals surface area contributed by atoms with Crippen molar-refractivity contribution in [1.82, 2.24) is 0 Å². The van der Waals surface area contributed by atoms with Crippen LogP contribution in [0.15, 0.2) is 0 Å². The minimum absolute atomic E-state index is 0.0232. The molecule has 0 radical (unpaired) electrons. The number of rotatable bonds is 16. The molecular weight excluding hydrogens is 366 g/mol. The molecule has 6 heteroatoms. The van der Waals surface area contributed by atoms with Crippen molar-refractivity contribution in [2.45, 2.75) is 129 Å². The molecule has 0 nitrogen and oxygen atoms in total. The van der Waals surface area contributed by atoms with Crippen LogP contribution >= 0.6 is 0 Å². The highest BCUT2D eigenvalue weighted by atomic mass is 19.4. The average Bonchev–Trinajstić information content (AvgIpc) is 2.56. The predicted octanol–water partition coefficient (Wildman–Crippen LogP) is 9.38. The van der Waals surface area contributed by atoms with E-state index in [0.29, 0.717) is 12.8 Å². The molecule has 27 heavy (non-hydrogen) atoms. The second-order valence-corrected chi connectivity index (χ2v) is 7.78. The fourth-order valence-electron chi connectivity index (χ4n) is 3.64. The average molecular weight is 405 g/mol. The maximum atomic E-state index is 13.0. The molecule has 0 aliphatic carbocycles. The Morgan fingerprint density at radius 2 is 0.741 bits per heavy atom. The van der Waals surface area contributed by atoms with Gasteiger partial charge in [-0.3, -0.25) is 0 Å². The Kier molecular flexibility index (Phi) is 13.5. The van der Waals surface area contributed by atoms with E-state index in [-0.39, 0.29) is 6.42 Å². The first-order valence-corrected chi connectivity index (χ1v) is 10.8. The second-order valence-electron chi connectivity index (χ2n) is 7.78.